The maximum atomic E-state index is 11.5. The Kier molecular flexibility index (Phi) is 3.19. The summed E-state index contributed by atoms with van der Waals surface area (Å²) in [5.41, 5.74) is 1.81. The Bertz CT molecular complexity index is 563. The summed E-state index contributed by atoms with van der Waals surface area (Å²) >= 11 is 3.40. The third kappa shape index (κ3) is 2.58. The zero-order valence-corrected chi connectivity index (χ0v) is 10.4. The standard InChI is InChI=1S/C12H11BrN2O/c1-9-5-6-12(16)15(14-9)8-10-3-2-4-11(13)7-10/h2-7H,8H2,1H3. The molecule has 0 bridgehead atoms. The Labute approximate surface area is 102 Å². The molecule has 4 heteroatoms. The van der Waals surface area contributed by atoms with Crippen LogP contribution in [0, 0.1) is 6.92 Å². The lowest BCUT2D eigenvalue weighted by atomic mass is 10.2. The SMILES string of the molecule is Cc1ccc(=O)n(Cc2cccc(Br)c2)n1. The van der Waals surface area contributed by atoms with Crippen LogP contribution in [0.25, 0.3) is 0 Å². The second-order valence-corrected chi connectivity index (χ2v) is 4.52. The summed E-state index contributed by atoms with van der Waals surface area (Å²) in [7, 11) is 0. The highest BCUT2D eigenvalue weighted by molar-refractivity contribution is 9.10. The largest absolute Gasteiger partial charge is 0.268 e. The molecule has 0 radical (unpaired) electrons. The van der Waals surface area contributed by atoms with Crippen LogP contribution in [0.15, 0.2) is 45.7 Å². The molecule has 0 unspecified atom stereocenters. The smallest absolute Gasteiger partial charge is 0.267 e. The number of aryl methyl sites for hydroxylation is 1. The van der Waals surface area contributed by atoms with Gasteiger partial charge in [-0.05, 0) is 30.7 Å². The lowest BCUT2D eigenvalue weighted by Gasteiger charge is -2.05. The van der Waals surface area contributed by atoms with E-state index in [-0.39, 0.29) is 5.56 Å². The average Bonchev–Trinajstić information content (AvgIpc) is 2.24. The molecule has 0 saturated heterocycles. The second-order valence-electron chi connectivity index (χ2n) is 3.60. The highest BCUT2D eigenvalue weighted by Gasteiger charge is 2.00. The quantitative estimate of drug-likeness (QED) is 0.845. The van der Waals surface area contributed by atoms with Crippen molar-refractivity contribution in [3.8, 4) is 0 Å². The summed E-state index contributed by atoms with van der Waals surface area (Å²) in [5.74, 6) is 0. The Morgan fingerprint density at radius 2 is 2.12 bits per heavy atom. The fourth-order valence-electron chi connectivity index (χ4n) is 1.47. The monoisotopic (exact) mass is 278 g/mol. The highest BCUT2D eigenvalue weighted by Crippen LogP contribution is 2.11. The van der Waals surface area contributed by atoms with Gasteiger partial charge < -0.3 is 0 Å². The van der Waals surface area contributed by atoms with Crippen LogP contribution >= 0.6 is 15.9 Å². The summed E-state index contributed by atoms with van der Waals surface area (Å²) in [4.78, 5) is 11.5. The second kappa shape index (κ2) is 4.61. The van der Waals surface area contributed by atoms with E-state index in [1.165, 1.54) is 4.68 Å². The van der Waals surface area contributed by atoms with E-state index in [9.17, 15) is 4.79 Å². The number of aromatic nitrogens is 2. The molecule has 0 spiro atoms. The van der Waals surface area contributed by atoms with Crippen molar-refractivity contribution in [3.63, 3.8) is 0 Å². The molecule has 1 aromatic carbocycles. The van der Waals surface area contributed by atoms with Crippen LogP contribution in [-0.2, 0) is 6.54 Å². The van der Waals surface area contributed by atoms with Crippen molar-refractivity contribution in [1.29, 1.82) is 0 Å². The number of hydrogen-bond donors (Lipinski definition) is 0. The van der Waals surface area contributed by atoms with Crippen LogP contribution in [0.1, 0.15) is 11.3 Å². The molecule has 0 aliphatic rings. The van der Waals surface area contributed by atoms with E-state index in [1.54, 1.807) is 12.1 Å². The molecule has 2 rings (SSSR count). The van der Waals surface area contributed by atoms with Gasteiger partial charge in [0, 0.05) is 10.5 Å². The Hall–Kier alpha value is -1.42. The van der Waals surface area contributed by atoms with Crippen molar-refractivity contribution in [2.75, 3.05) is 0 Å². The van der Waals surface area contributed by atoms with Gasteiger partial charge in [0.15, 0.2) is 0 Å². The predicted molar refractivity (Wildman–Crippen MR) is 66.5 cm³/mol. The molecule has 0 aliphatic carbocycles. The van der Waals surface area contributed by atoms with E-state index >= 15 is 0 Å². The first-order valence-corrected chi connectivity index (χ1v) is 5.74. The predicted octanol–water partition coefficient (Wildman–Crippen LogP) is 2.36. The molecular formula is C12H11BrN2O. The molecule has 0 N–H and O–H groups in total. The molecule has 82 valence electrons. The number of rotatable bonds is 2. The fraction of sp³-hybridized carbons (Fsp3) is 0.167. The molecule has 0 saturated carbocycles. The molecule has 0 aliphatic heterocycles. The number of benzene rings is 1. The summed E-state index contributed by atoms with van der Waals surface area (Å²) in [6.45, 7) is 2.37. The normalized spacial score (nSPS) is 10.4. The minimum atomic E-state index is -0.0782. The molecule has 0 atom stereocenters. The van der Waals surface area contributed by atoms with Gasteiger partial charge in [0.1, 0.15) is 0 Å². The number of nitrogens with zero attached hydrogens (tertiary/aromatic N) is 2. The highest BCUT2D eigenvalue weighted by atomic mass is 79.9. The Morgan fingerprint density at radius 3 is 2.88 bits per heavy atom. The van der Waals surface area contributed by atoms with Gasteiger partial charge in [0.2, 0.25) is 0 Å². The minimum Gasteiger partial charge on any atom is -0.268 e. The van der Waals surface area contributed by atoms with E-state index in [1.807, 2.05) is 31.2 Å². The van der Waals surface area contributed by atoms with Crippen molar-refractivity contribution in [2.45, 2.75) is 13.5 Å². The maximum Gasteiger partial charge on any atom is 0.267 e. The number of hydrogen-bond acceptors (Lipinski definition) is 2. The molecule has 3 nitrogen and oxygen atoms in total. The maximum absolute atomic E-state index is 11.5. The van der Waals surface area contributed by atoms with Crippen LogP contribution in [0.4, 0.5) is 0 Å². The van der Waals surface area contributed by atoms with Crippen LogP contribution in [0.3, 0.4) is 0 Å². The van der Waals surface area contributed by atoms with Gasteiger partial charge in [0.05, 0.1) is 12.2 Å². The third-order valence-corrected chi connectivity index (χ3v) is 2.71. The molecule has 1 aromatic heterocycles. The van der Waals surface area contributed by atoms with Crippen LogP contribution in [0.5, 0.6) is 0 Å². The first kappa shape index (κ1) is 11.1. The van der Waals surface area contributed by atoms with Gasteiger partial charge in [0.25, 0.3) is 5.56 Å². The van der Waals surface area contributed by atoms with Crippen LogP contribution in [-0.4, -0.2) is 9.78 Å². The van der Waals surface area contributed by atoms with Gasteiger partial charge in [-0.1, -0.05) is 28.1 Å². The van der Waals surface area contributed by atoms with Gasteiger partial charge in [-0.2, -0.15) is 5.10 Å². The van der Waals surface area contributed by atoms with Crippen molar-refractivity contribution in [3.05, 3.63) is 62.5 Å². The average molecular weight is 279 g/mol. The molecular weight excluding hydrogens is 268 g/mol. The summed E-state index contributed by atoms with van der Waals surface area (Å²) in [6.07, 6.45) is 0. The lowest BCUT2D eigenvalue weighted by Crippen LogP contribution is -2.22. The summed E-state index contributed by atoms with van der Waals surface area (Å²) in [5, 5.41) is 4.19. The van der Waals surface area contributed by atoms with E-state index in [2.05, 4.69) is 21.0 Å². The molecule has 2 aromatic rings. The Morgan fingerprint density at radius 1 is 1.31 bits per heavy atom. The van der Waals surface area contributed by atoms with E-state index in [4.69, 9.17) is 0 Å². The van der Waals surface area contributed by atoms with Gasteiger partial charge in [-0.25, -0.2) is 4.68 Å². The molecule has 16 heavy (non-hydrogen) atoms. The zero-order valence-electron chi connectivity index (χ0n) is 8.85. The van der Waals surface area contributed by atoms with Crippen molar-refractivity contribution in [1.82, 2.24) is 9.78 Å². The van der Waals surface area contributed by atoms with Crippen molar-refractivity contribution in [2.24, 2.45) is 0 Å². The fourth-order valence-corrected chi connectivity index (χ4v) is 1.92. The van der Waals surface area contributed by atoms with Gasteiger partial charge >= 0.3 is 0 Å². The third-order valence-electron chi connectivity index (χ3n) is 2.22. The first-order chi connectivity index (χ1) is 7.65. The van der Waals surface area contributed by atoms with Crippen molar-refractivity contribution >= 4 is 15.9 Å². The summed E-state index contributed by atoms with van der Waals surface area (Å²) < 4.78 is 2.47. The topological polar surface area (TPSA) is 34.9 Å². The van der Waals surface area contributed by atoms with Gasteiger partial charge in [-0.3, -0.25) is 4.79 Å². The van der Waals surface area contributed by atoms with E-state index in [0.717, 1.165) is 15.7 Å². The minimum absolute atomic E-state index is 0.0782. The van der Waals surface area contributed by atoms with Crippen molar-refractivity contribution < 1.29 is 0 Å². The lowest BCUT2D eigenvalue weighted by molar-refractivity contribution is 0.628. The Balaban J connectivity index is 2.34. The van der Waals surface area contributed by atoms with Gasteiger partial charge in [-0.15, -0.1) is 0 Å². The molecule has 1 heterocycles. The van der Waals surface area contributed by atoms with E-state index in [0.29, 0.717) is 6.54 Å². The molecule has 0 amide bonds. The first-order valence-electron chi connectivity index (χ1n) is 4.94. The van der Waals surface area contributed by atoms with E-state index < -0.39 is 0 Å². The van der Waals surface area contributed by atoms with Crippen LogP contribution in [0.2, 0.25) is 0 Å². The molecule has 0 fully saturated rings. The number of halogens is 1. The summed E-state index contributed by atoms with van der Waals surface area (Å²) in [6, 6.07) is 11.1. The van der Waals surface area contributed by atoms with Crippen LogP contribution < -0.4 is 5.56 Å². The zero-order chi connectivity index (χ0) is 11.5.